The summed E-state index contributed by atoms with van der Waals surface area (Å²) in [6.45, 7) is 0.409. The van der Waals surface area contributed by atoms with Gasteiger partial charge in [0.2, 0.25) is 0 Å². The highest BCUT2D eigenvalue weighted by molar-refractivity contribution is 7.09. The summed E-state index contributed by atoms with van der Waals surface area (Å²) in [4.78, 5) is 12.5. The molecule has 2 atom stereocenters. The van der Waals surface area contributed by atoms with E-state index in [1.165, 1.54) is 0 Å². The SMILES string of the molecule is O=C1C[C@H](O)C[C@@H](/C=C/c2c(Cl)cc(Cl)cc2OCc2cccs2)O1. The summed E-state index contributed by atoms with van der Waals surface area (Å²) in [7, 11) is 0. The van der Waals surface area contributed by atoms with Gasteiger partial charge in [-0.05, 0) is 29.7 Å². The summed E-state index contributed by atoms with van der Waals surface area (Å²) in [6.07, 6.45) is 2.64. The fourth-order valence-corrected chi connectivity index (χ4v) is 3.67. The monoisotopic (exact) mass is 398 g/mol. The van der Waals surface area contributed by atoms with Crippen molar-refractivity contribution in [3.8, 4) is 5.75 Å². The van der Waals surface area contributed by atoms with Crippen molar-refractivity contribution >= 4 is 46.6 Å². The van der Waals surface area contributed by atoms with Crippen LogP contribution in [0.3, 0.4) is 0 Å². The van der Waals surface area contributed by atoms with Crippen molar-refractivity contribution in [2.24, 2.45) is 0 Å². The Morgan fingerprint density at radius 2 is 2.24 bits per heavy atom. The molecule has 3 rings (SSSR count). The first-order chi connectivity index (χ1) is 12.0. The predicted molar refractivity (Wildman–Crippen MR) is 99.3 cm³/mol. The molecule has 0 unspecified atom stereocenters. The fourth-order valence-electron chi connectivity index (χ4n) is 2.52. The van der Waals surface area contributed by atoms with Gasteiger partial charge in [-0.1, -0.05) is 35.3 Å². The van der Waals surface area contributed by atoms with E-state index in [4.69, 9.17) is 32.7 Å². The van der Waals surface area contributed by atoms with Gasteiger partial charge in [-0.3, -0.25) is 4.79 Å². The van der Waals surface area contributed by atoms with Crippen LogP contribution in [0.4, 0.5) is 0 Å². The zero-order valence-electron chi connectivity index (χ0n) is 13.2. The Labute approximate surface area is 159 Å². The number of benzene rings is 1. The maximum atomic E-state index is 11.4. The molecule has 1 aromatic heterocycles. The Morgan fingerprint density at radius 1 is 1.40 bits per heavy atom. The van der Waals surface area contributed by atoms with Gasteiger partial charge in [-0.2, -0.15) is 0 Å². The quantitative estimate of drug-likeness (QED) is 0.740. The Kier molecular flexibility index (Phi) is 6.02. The van der Waals surface area contributed by atoms with Gasteiger partial charge in [0.05, 0.1) is 17.5 Å². The molecule has 0 amide bonds. The van der Waals surface area contributed by atoms with Crippen molar-refractivity contribution in [1.29, 1.82) is 0 Å². The molecule has 1 saturated heterocycles. The maximum Gasteiger partial charge on any atom is 0.309 e. The van der Waals surface area contributed by atoms with Crippen LogP contribution in [0.5, 0.6) is 5.75 Å². The van der Waals surface area contributed by atoms with E-state index < -0.39 is 18.2 Å². The minimum absolute atomic E-state index is 0.0290. The molecule has 0 saturated carbocycles. The molecule has 0 spiro atoms. The van der Waals surface area contributed by atoms with Gasteiger partial charge in [0.1, 0.15) is 18.5 Å². The van der Waals surface area contributed by atoms with Gasteiger partial charge >= 0.3 is 5.97 Å². The molecule has 0 radical (unpaired) electrons. The van der Waals surface area contributed by atoms with Crippen molar-refractivity contribution in [2.45, 2.75) is 31.7 Å². The Hall–Kier alpha value is -1.53. The maximum absolute atomic E-state index is 11.4. The number of halogens is 2. The van der Waals surface area contributed by atoms with E-state index in [2.05, 4.69) is 0 Å². The highest BCUT2D eigenvalue weighted by Gasteiger charge is 2.25. The third-order valence-corrected chi connectivity index (χ3v) is 5.05. The number of esters is 1. The van der Waals surface area contributed by atoms with E-state index in [1.807, 2.05) is 17.5 Å². The molecule has 1 aliphatic rings. The van der Waals surface area contributed by atoms with E-state index in [1.54, 1.807) is 35.6 Å². The second kappa shape index (κ2) is 8.23. The average Bonchev–Trinajstić information content (AvgIpc) is 3.04. The van der Waals surface area contributed by atoms with Crippen LogP contribution in [0.2, 0.25) is 10.0 Å². The number of carbonyl (C=O) groups is 1. The van der Waals surface area contributed by atoms with Gasteiger partial charge in [0, 0.05) is 21.9 Å². The van der Waals surface area contributed by atoms with Crippen molar-refractivity contribution in [2.75, 3.05) is 0 Å². The predicted octanol–water partition coefficient (Wildman–Crippen LogP) is 4.71. The summed E-state index contributed by atoms with van der Waals surface area (Å²) >= 11 is 14.0. The summed E-state index contributed by atoms with van der Waals surface area (Å²) in [6, 6.07) is 7.26. The minimum atomic E-state index is -0.689. The normalized spacial score (nSPS) is 20.7. The lowest BCUT2D eigenvalue weighted by Gasteiger charge is -2.23. The van der Waals surface area contributed by atoms with E-state index in [0.29, 0.717) is 34.4 Å². The van der Waals surface area contributed by atoms with Crippen molar-refractivity contribution in [1.82, 2.24) is 0 Å². The van der Waals surface area contributed by atoms with Crippen LogP contribution in [0.1, 0.15) is 23.3 Å². The molecule has 2 aromatic rings. The molecule has 25 heavy (non-hydrogen) atoms. The average molecular weight is 399 g/mol. The first kappa shape index (κ1) is 18.3. The molecular weight excluding hydrogens is 383 g/mol. The highest BCUT2D eigenvalue weighted by atomic mass is 35.5. The molecule has 4 nitrogen and oxygen atoms in total. The number of rotatable bonds is 5. The zero-order chi connectivity index (χ0) is 17.8. The Bertz CT molecular complexity index is 774. The number of hydrogen-bond donors (Lipinski definition) is 1. The first-order valence-electron chi connectivity index (χ1n) is 7.71. The summed E-state index contributed by atoms with van der Waals surface area (Å²) in [5, 5.41) is 12.6. The van der Waals surface area contributed by atoms with Crippen LogP contribution in [-0.4, -0.2) is 23.3 Å². The summed E-state index contributed by atoms with van der Waals surface area (Å²) < 4.78 is 11.1. The summed E-state index contributed by atoms with van der Waals surface area (Å²) in [5.74, 6) is 0.134. The number of thiophene rings is 1. The van der Waals surface area contributed by atoms with Crippen LogP contribution < -0.4 is 4.74 Å². The van der Waals surface area contributed by atoms with Gasteiger partial charge in [0.15, 0.2) is 0 Å². The van der Waals surface area contributed by atoms with Crippen LogP contribution in [0.15, 0.2) is 35.7 Å². The number of hydrogen-bond acceptors (Lipinski definition) is 5. The number of aliphatic hydroxyl groups excluding tert-OH is 1. The van der Waals surface area contributed by atoms with E-state index in [-0.39, 0.29) is 6.42 Å². The number of ether oxygens (including phenoxy) is 2. The lowest BCUT2D eigenvalue weighted by molar-refractivity contribution is -0.156. The third kappa shape index (κ3) is 4.98. The van der Waals surface area contributed by atoms with Gasteiger partial charge < -0.3 is 14.6 Å². The smallest absolute Gasteiger partial charge is 0.309 e. The van der Waals surface area contributed by atoms with Gasteiger partial charge in [-0.15, -0.1) is 11.3 Å². The molecule has 1 aromatic carbocycles. The lowest BCUT2D eigenvalue weighted by atomic mass is 10.0. The van der Waals surface area contributed by atoms with Crippen LogP contribution in [-0.2, 0) is 16.1 Å². The van der Waals surface area contributed by atoms with Crippen LogP contribution in [0.25, 0.3) is 6.08 Å². The molecule has 1 N–H and O–H groups in total. The van der Waals surface area contributed by atoms with Crippen LogP contribution in [0, 0.1) is 0 Å². The Morgan fingerprint density at radius 3 is 2.96 bits per heavy atom. The Balaban J connectivity index is 1.79. The second-order valence-electron chi connectivity index (χ2n) is 5.65. The topological polar surface area (TPSA) is 55.8 Å². The number of cyclic esters (lactones) is 1. The van der Waals surface area contributed by atoms with E-state index in [9.17, 15) is 9.90 Å². The largest absolute Gasteiger partial charge is 0.487 e. The third-order valence-electron chi connectivity index (χ3n) is 3.67. The standard InChI is InChI=1S/C18H16Cl2O4S/c19-11-6-16(20)15(4-3-13-8-12(21)9-18(22)24-13)17(7-11)23-10-14-2-1-5-25-14/h1-7,12-13,21H,8-10H2/b4-3+/t12-,13-/m1/s1. The molecule has 2 heterocycles. The zero-order valence-corrected chi connectivity index (χ0v) is 15.5. The van der Waals surface area contributed by atoms with Gasteiger partial charge in [-0.25, -0.2) is 0 Å². The van der Waals surface area contributed by atoms with Gasteiger partial charge in [0.25, 0.3) is 0 Å². The van der Waals surface area contributed by atoms with Crippen LogP contribution >= 0.6 is 34.5 Å². The summed E-state index contributed by atoms with van der Waals surface area (Å²) in [5.41, 5.74) is 0.652. The number of aliphatic hydroxyl groups is 1. The fraction of sp³-hybridized carbons (Fsp3) is 0.278. The van der Waals surface area contributed by atoms with Crippen molar-refractivity contribution < 1.29 is 19.4 Å². The first-order valence-corrected chi connectivity index (χ1v) is 9.35. The molecule has 0 aliphatic carbocycles. The minimum Gasteiger partial charge on any atom is -0.487 e. The van der Waals surface area contributed by atoms with Crippen molar-refractivity contribution in [3.63, 3.8) is 0 Å². The lowest BCUT2D eigenvalue weighted by Crippen LogP contribution is -2.31. The van der Waals surface area contributed by atoms with E-state index >= 15 is 0 Å². The number of carbonyl (C=O) groups excluding carboxylic acids is 1. The molecule has 0 bridgehead atoms. The molecular formula is C18H16Cl2O4S. The molecule has 7 heteroatoms. The molecule has 132 valence electrons. The highest BCUT2D eigenvalue weighted by Crippen LogP contribution is 2.33. The molecule has 1 aliphatic heterocycles. The van der Waals surface area contributed by atoms with Crippen molar-refractivity contribution in [3.05, 3.63) is 56.2 Å². The second-order valence-corrected chi connectivity index (χ2v) is 7.52. The molecule has 1 fully saturated rings. The van der Waals surface area contributed by atoms with E-state index in [0.717, 1.165) is 4.88 Å².